The molecule has 7 heteroatoms. The highest BCUT2D eigenvalue weighted by atomic mass is 16.6. The van der Waals surface area contributed by atoms with Gasteiger partial charge in [0.1, 0.15) is 12.1 Å². The quantitative estimate of drug-likeness (QED) is 0.648. The predicted octanol–water partition coefficient (Wildman–Crippen LogP) is 3.20. The Morgan fingerprint density at radius 3 is 2.26 bits per heavy atom. The summed E-state index contributed by atoms with van der Waals surface area (Å²) in [7, 11) is 0. The van der Waals surface area contributed by atoms with Crippen LogP contribution in [0.3, 0.4) is 0 Å². The lowest BCUT2D eigenvalue weighted by molar-refractivity contribution is -0.125. The third-order valence-electron chi connectivity index (χ3n) is 3.89. The van der Waals surface area contributed by atoms with Crippen LogP contribution in [0.25, 0.3) is 0 Å². The molecule has 0 aromatic heterocycles. The number of benzene rings is 1. The second-order valence-electron chi connectivity index (χ2n) is 7.29. The number of alkyl carbamates (subject to hydrolysis) is 1. The zero-order valence-corrected chi connectivity index (χ0v) is 16.8. The van der Waals surface area contributed by atoms with E-state index in [0.29, 0.717) is 12.2 Å². The Hall–Kier alpha value is -2.57. The average Bonchev–Trinajstić information content (AvgIpc) is 2.59. The molecular formula is C20H31N3O4. The molecule has 1 rings (SSSR count). The Bertz CT molecular complexity index is 649. The number of hydrogen-bond acceptors (Lipinski definition) is 4. The summed E-state index contributed by atoms with van der Waals surface area (Å²) in [6, 6.07) is 7.23. The van der Waals surface area contributed by atoms with Crippen molar-refractivity contribution in [3.8, 4) is 0 Å². The number of anilines is 1. The molecule has 0 saturated carbocycles. The van der Waals surface area contributed by atoms with Crippen LogP contribution in [0.15, 0.2) is 24.3 Å². The van der Waals surface area contributed by atoms with Crippen LogP contribution in [0, 0.1) is 5.92 Å². The van der Waals surface area contributed by atoms with Crippen LogP contribution in [-0.4, -0.2) is 30.1 Å². The van der Waals surface area contributed by atoms with Gasteiger partial charge in [-0.05, 0) is 45.2 Å². The van der Waals surface area contributed by atoms with Crippen LogP contribution in [0.1, 0.15) is 53.0 Å². The van der Waals surface area contributed by atoms with Gasteiger partial charge in [0.15, 0.2) is 0 Å². The third kappa shape index (κ3) is 8.57. The molecule has 3 amide bonds. The summed E-state index contributed by atoms with van der Waals surface area (Å²) in [6.07, 6.45) is 0.928. The largest absolute Gasteiger partial charge is 0.444 e. The lowest BCUT2D eigenvalue weighted by Crippen LogP contribution is -2.37. The van der Waals surface area contributed by atoms with E-state index in [0.717, 1.165) is 18.4 Å². The fourth-order valence-corrected chi connectivity index (χ4v) is 2.44. The van der Waals surface area contributed by atoms with Gasteiger partial charge in [0.25, 0.3) is 0 Å². The van der Waals surface area contributed by atoms with Crippen molar-refractivity contribution >= 4 is 23.6 Å². The van der Waals surface area contributed by atoms with E-state index < -0.39 is 11.7 Å². The van der Waals surface area contributed by atoms with Crippen LogP contribution in [-0.2, 0) is 20.9 Å². The molecular weight excluding hydrogens is 346 g/mol. The maximum Gasteiger partial charge on any atom is 0.408 e. The van der Waals surface area contributed by atoms with Gasteiger partial charge in [-0.25, -0.2) is 4.79 Å². The van der Waals surface area contributed by atoms with Crippen molar-refractivity contribution in [3.63, 3.8) is 0 Å². The molecule has 0 aliphatic carbocycles. The van der Waals surface area contributed by atoms with Gasteiger partial charge in [0, 0.05) is 18.2 Å². The Labute approximate surface area is 161 Å². The first-order valence-electron chi connectivity index (χ1n) is 9.28. The summed E-state index contributed by atoms with van der Waals surface area (Å²) in [4.78, 5) is 35.9. The zero-order valence-electron chi connectivity index (χ0n) is 16.8. The van der Waals surface area contributed by atoms with Gasteiger partial charge in [-0.15, -0.1) is 0 Å². The molecule has 7 nitrogen and oxygen atoms in total. The summed E-state index contributed by atoms with van der Waals surface area (Å²) in [6.45, 7) is 9.34. The lowest BCUT2D eigenvalue weighted by Gasteiger charge is -2.19. The van der Waals surface area contributed by atoms with Crippen LogP contribution >= 0.6 is 0 Å². The predicted molar refractivity (Wildman–Crippen MR) is 105 cm³/mol. The molecule has 1 aromatic rings. The second kappa shape index (κ2) is 10.5. The first-order chi connectivity index (χ1) is 12.7. The second-order valence-corrected chi connectivity index (χ2v) is 7.29. The summed E-state index contributed by atoms with van der Waals surface area (Å²) in [5, 5.41) is 8.08. The summed E-state index contributed by atoms with van der Waals surface area (Å²) >= 11 is 0. The molecule has 0 aliphatic heterocycles. The fraction of sp³-hybridized carbons (Fsp3) is 0.550. The highest BCUT2D eigenvalue weighted by molar-refractivity contribution is 5.94. The van der Waals surface area contributed by atoms with E-state index in [2.05, 4.69) is 16.0 Å². The molecule has 27 heavy (non-hydrogen) atoms. The molecule has 0 saturated heterocycles. The van der Waals surface area contributed by atoms with Crippen molar-refractivity contribution in [3.05, 3.63) is 29.8 Å². The number of amides is 3. The van der Waals surface area contributed by atoms with E-state index in [1.165, 1.54) is 0 Å². The van der Waals surface area contributed by atoms with Crippen molar-refractivity contribution < 1.29 is 19.1 Å². The van der Waals surface area contributed by atoms with E-state index in [1.807, 2.05) is 26.0 Å². The van der Waals surface area contributed by atoms with Gasteiger partial charge in [-0.1, -0.05) is 32.0 Å². The van der Waals surface area contributed by atoms with Gasteiger partial charge in [0.05, 0.1) is 0 Å². The third-order valence-corrected chi connectivity index (χ3v) is 3.89. The number of carbonyl (C=O) groups is 3. The number of para-hydroxylation sites is 1. The van der Waals surface area contributed by atoms with Gasteiger partial charge >= 0.3 is 6.09 Å². The first-order valence-corrected chi connectivity index (χ1v) is 9.28. The average molecular weight is 377 g/mol. The van der Waals surface area contributed by atoms with Crippen molar-refractivity contribution in [1.29, 1.82) is 0 Å². The summed E-state index contributed by atoms with van der Waals surface area (Å²) < 4.78 is 5.09. The van der Waals surface area contributed by atoms with E-state index >= 15 is 0 Å². The van der Waals surface area contributed by atoms with Crippen LogP contribution in [0.5, 0.6) is 0 Å². The van der Waals surface area contributed by atoms with Gasteiger partial charge in [-0.2, -0.15) is 0 Å². The fourth-order valence-electron chi connectivity index (χ4n) is 2.44. The molecule has 0 fully saturated rings. The number of rotatable bonds is 8. The molecule has 0 unspecified atom stereocenters. The Morgan fingerprint density at radius 1 is 1.04 bits per heavy atom. The Balaban J connectivity index is 2.59. The van der Waals surface area contributed by atoms with Crippen LogP contribution < -0.4 is 16.0 Å². The molecule has 0 radical (unpaired) electrons. The normalized spacial score (nSPS) is 11.0. The highest BCUT2D eigenvalue weighted by Gasteiger charge is 2.17. The Kier molecular flexibility index (Phi) is 8.78. The monoisotopic (exact) mass is 377 g/mol. The van der Waals surface area contributed by atoms with E-state index in [4.69, 9.17) is 4.74 Å². The van der Waals surface area contributed by atoms with Gasteiger partial charge < -0.3 is 20.7 Å². The Morgan fingerprint density at radius 2 is 1.67 bits per heavy atom. The molecule has 3 N–H and O–H groups in total. The minimum absolute atomic E-state index is 0.00715. The van der Waals surface area contributed by atoms with Crippen molar-refractivity contribution in [2.24, 2.45) is 5.92 Å². The minimum atomic E-state index is -0.650. The number of carbonyl (C=O) groups excluding carboxylic acids is 3. The molecule has 0 spiro atoms. The SMILES string of the molecule is CCC(CC)C(=O)NCc1ccccc1NC(=O)CNC(=O)OC(C)(C)C. The summed E-state index contributed by atoms with van der Waals surface area (Å²) in [5.41, 5.74) is 0.765. The summed E-state index contributed by atoms with van der Waals surface area (Å²) in [5.74, 6) is -0.378. The molecule has 0 heterocycles. The van der Waals surface area contributed by atoms with Crippen molar-refractivity contribution in [1.82, 2.24) is 10.6 Å². The lowest BCUT2D eigenvalue weighted by atomic mass is 10.0. The van der Waals surface area contributed by atoms with E-state index in [9.17, 15) is 14.4 Å². The first kappa shape index (κ1) is 22.5. The number of hydrogen-bond donors (Lipinski definition) is 3. The molecule has 1 aromatic carbocycles. The molecule has 150 valence electrons. The van der Waals surface area contributed by atoms with E-state index in [-0.39, 0.29) is 24.3 Å². The molecule has 0 atom stereocenters. The number of ether oxygens (including phenoxy) is 1. The molecule has 0 aliphatic rings. The van der Waals surface area contributed by atoms with Crippen molar-refractivity contribution in [2.75, 3.05) is 11.9 Å². The standard InChI is InChI=1S/C20H31N3O4/c1-6-14(7-2)18(25)21-12-15-10-8-9-11-16(15)23-17(24)13-22-19(26)27-20(3,4)5/h8-11,14H,6-7,12-13H2,1-5H3,(H,21,25)(H,22,26)(H,23,24). The molecule has 0 bridgehead atoms. The topological polar surface area (TPSA) is 96.5 Å². The minimum Gasteiger partial charge on any atom is -0.444 e. The maximum absolute atomic E-state index is 12.1. The van der Waals surface area contributed by atoms with Crippen LogP contribution in [0.2, 0.25) is 0 Å². The highest BCUT2D eigenvalue weighted by Crippen LogP contribution is 2.15. The maximum atomic E-state index is 12.1. The van der Waals surface area contributed by atoms with Crippen molar-refractivity contribution in [2.45, 2.75) is 59.6 Å². The van der Waals surface area contributed by atoms with Crippen LogP contribution in [0.4, 0.5) is 10.5 Å². The number of nitrogens with one attached hydrogen (secondary N) is 3. The zero-order chi connectivity index (χ0) is 20.4. The van der Waals surface area contributed by atoms with Gasteiger partial charge in [-0.3, -0.25) is 9.59 Å². The van der Waals surface area contributed by atoms with E-state index in [1.54, 1.807) is 32.9 Å². The smallest absolute Gasteiger partial charge is 0.408 e. The van der Waals surface area contributed by atoms with Gasteiger partial charge in [0.2, 0.25) is 11.8 Å².